The predicted octanol–water partition coefficient (Wildman–Crippen LogP) is 1.36. The van der Waals surface area contributed by atoms with E-state index in [1.807, 2.05) is 39.1 Å². The van der Waals surface area contributed by atoms with Crippen LogP contribution in [0.4, 0.5) is 5.69 Å². The van der Waals surface area contributed by atoms with Crippen LogP contribution in [0.3, 0.4) is 0 Å². The molecule has 118 valence electrons. The molecule has 2 aliphatic heterocycles. The summed E-state index contributed by atoms with van der Waals surface area (Å²) >= 11 is 0. The number of benzene rings is 1. The zero-order valence-corrected chi connectivity index (χ0v) is 13.6. The summed E-state index contributed by atoms with van der Waals surface area (Å²) in [4.78, 5) is 14.5. The smallest absolute Gasteiger partial charge is 0.256 e. The topological polar surface area (TPSA) is 70.4 Å². The Morgan fingerprint density at radius 1 is 1.39 bits per heavy atom. The SMILES string of the molecule is CC1=C(/C=C2\C(=O)Nc3ccc(C)c(C#CCN)c32)NCN1C. The first-order valence-corrected chi connectivity index (χ1v) is 7.54. The van der Waals surface area contributed by atoms with Gasteiger partial charge in [0.05, 0.1) is 30.2 Å². The molecule has 5 heteroatoms. The average molecular weight is 308 g/mol. The van der Waals surface area contributed by atoms with E-state index in [9.17, 15) is 4.79 Å². The molecular formula is C18H20N4O. The number of anilines is 1. The molecule has 0 bridgehead atoms. The third-order valence-corrected chi connectivity index (χ3v) is 4.25. The van der Waals surface area contributed by atoms with Crippen LogP contribution in [0.5, 0.6) is 0 Å². The molecule has 23 heavy (non-hydrogen) atoms. The second-order valence-corrected chi connectivity index (χ2v) is 5.73. The van der Waals surface area contributed by atoms with Gasteiger partial charge in [-0.3, -0.25) is 4.79 Å². The fraction of sp³-hybridized carbons (Fsp3) is 0.278. The first-order chi connectivity index (χ1) is 11.0. The zero-order chi connectivity index (χ0) is 16.6. The molecule has 2 aliphatic rings. The number of nitrogens with zero attached hydrogens (tertiary/aromatic N) is 1. The van der Waals surface area contributed by atoms with E-state index in [2.05, 4.69) is 27.4 Å². The lowest BCUT2D eigenvalue weighted by molar-refractivity contribution is -0.110. The van der Waals surface area contributed by atoms with Gasteiger partial charge >= 0.3 is 0 Å². The summed E-state index contributed by atoms with van der Waals surface area (Å²) in [6, 6.07) is 3.89. The Bertz CT molecular complexity index is 808. The highest BCUT2D eigenvalue weighted by Gasteiger charge is 2.28. The van der Waals surface area contributed by atoms with Gasteiger partial charge in [0.2, 0.25) is 0 Å². The molecule has 0 fully saturated rings. The Morgan fingerprint density at radius 2 is 2.17 bits per heavy atom. The maximum Gasteiger partial charge on any atom is 0.256 e. The Labute approximate surface area is 136 Å². The van der Waals surface area contributed by atoms with Crippen LogP contribution < -0.4 is 16.4 Å². The molecule has 0 unspecified atom stereocenters. The maximum absolute atomic E-state index is 12.4. The number of hydrogen-bond donors (Lipinski definition) is 3. The van der Waals surface area contributed by atoms with Crippen LogP contribution in [0.15, 0.2) is 29.6 Å². The van der Waals surface area contributed by atoms with Gasteiger partial charge in [-0.15, -0.1) is 0 Å². The van der Waals surface area contributed by atoms with E-state index in [1.54, 1.807) is 0 Å². The van der Waals surface area contributed by atoms with Crippen molar-refractivity contribution in [2.75, 3.05) is 25.6 Å². The summed E-state index contributed by atoms with van der Waals surface area (Å²) in [6.07, 6.45) is 1.91. The van der Waals surface area contributed by atoms with Crippen molar-refractivity contribution in [2.45, 2.75) is 13.8 Å². The molecule has 1 aromatic carbocycles. The fourth-order valence-electron chi connectivity index (χ4n) is 2.79. The van der Waals surface area contributed by atoms with Gasteiger partial charge in [-0.2, -0.15) is 0 Å². The normalized spacial score (nSPS) is 17.8. The predicted molar refractivity (Wildman–Crippen MR) is 92.2 cm³/mol. The molecule has 1 aromatic rings. The van der Waals surface area contributed by atoms with E-state index in [-0.39, 0.29) is 5.91 Å². The number of allylic oxidation sites excluding steroid dienone is 2. The van der Waals surface area contributed by atoms with Gasteiger partial charge in [-0.25, -0.2) is 0 Å². The van der Waals surface area contributed by atoms with Gasteiger partial charge in [-0.05, 0) is 31.6 Å². The van der Waals surface area contributed by atoms with Gasteiger partial charge in [-0.1, -0.05) is 17.9 Å². The van der Waals surface area contributed by atoms with E-state index < -0.39 is 0 Å². The monoisotopic (exact) mass is 308 g/mol. The molecule has 0 spiro atoms. The number of carbonyl (C=O) groups excluding carboxylic acids is 1. The van der Waals surface area contributed by atoms with Gasteiger partial charge in [0, 0.05) is 23.9 Å². The molecule has 0 saturated heterocycles. The highest BCUT2D eigenvalue weighted by atomic mass is 16.2. The number of amides is 1. The molecule has 2 heterocycles. The van der Waals surface area contributed by atoms with Crippen LogP contribution in [0.25, 0.3) is 5.57 Å². The zero-order valence-electron chi connectivity index (χ0n) is 13.6. The van der Waals surface area contributed by atoms with Gasteiger partial charge in [0.1, 0.15) is 0 Å². The highest BCUT2D eigenvalue weighted by Crippen LogP contribution is 2.36. The van der Waals surface area contributed by atoms with E-state index >= 15 is 0 Å². The van der Waals surface area contributed by atoms with Crippen molar-refractivity contribution in [2.24, 2.45) is 5.73 Å². The van der Waals surface area contributed by atoms with Crippen LogP contribution in [-0.2, 0) is 4.79 Å². The first-order valence-electron chi connectivity index (χ1n) is 7.54. The molecule has 0 atom stereocenters. The van der Waals surface area contributed by atoms with Crippen molar-refractivity contribution in [3.05, 3.63) is 46.3 Å². The lowest BCUT2D eigenvalue weighted by atomic mass is 9.96. The van der Waals surface area contributed by atoms with E-state index in [1.165, 1.54) is 0 Å². The molecule has 5 nitrogen and oxygen atoms in total. The highest BCUT2D eigenvalue weighted by molar-refractivity contribution is 6.32. The second-order valence-electron chi connectivity index (χ2n) is 5.73. The Morgan fingerprint density at radius 3 is 2.83 bits per heavy atom. The van der Waals surface area contributed by atoms with Gasteiger partial charge in [0.15, 0.2) is 0 Å². The van der Waals surface area contributed by atoms with Gasteiger partial charge in [0.25, 0.3) is 5.91 Å². The summed E-state index contributed by atoms with van der Waals surface area (Å²) in [7, 11) is 2.01. The van der Waals surface area contributed by atoms with Crippen LogP contribution in [0.2, 0.25) is 0 Å². The minimum absolute atomic E-state index is 0.0990. The molecule has 4 N–H and O–H groups in total. The molecule has 0 aliphatic carbocycles. The van der Waals surface area contributed by atoms with Crippen LogP contribution in [0.1, 0.15) is 23.6 Å². The lowest BCUT2D eigenvalue weighted by Gasteiger charge is -2.09. The minimum atomic E-state index is -0.0990. The Kier molecular flexibility index (Phi) is 3.85. The summed E-state index contributed by atoms with van der Waals surface area (Å²) in [6.45, 7) is 5.06. The van der Waals surface area contributed by atoms with Gasteiger partial charge < -0.3 is 21.3 Å². The lowest BCUT2D eigenvalue weighted by Crippen LogP contribution is -2.18. The number of hydrogen-bond acceptors (Lipinski definition) is 4. The van der Waals surface area contributed by atoms with Crippen molar-refractivity contribution in [3.8, 4) is 11.8 Å². The van der Waals surface area contributed by atoms with Crippen molar-refractivity contribution in [3.63, 3.8) is 0 Å². The third-order valence-electron chi connectivity index (χ3n) is 4.25. The van der Waals surface area contributed by atoms with Crippen molar-refractivity contribution < 1.29 is 4.79 Å². The fourth-order valence-corrected chi connectivity index (χ4v) is 2.79. The average Bonchev–Trinajstić information content (AvgIpc) is 3.01. The number of nitrogens with one attached hydrogen (secondary N) is 2. The molecule has 3 rings (SSSR count). The maximum atomic E-state index is 12.4. The molecular weight excluding hydrogens is 288 g/mol. The van der Waals surface area contributed by atoms with E-state index in [0.717, 1.165) is 40.4 Å². The first kappa shape index (κ1) is 15.2. The number of rotatable bonds is 1. The molecule has 1 amide bonds. The van der Waals surface area contributed by atoms with Crippen molar-refractivity contribution in [1.29, 1.82) is 0 Å². The molecule has 0 radical (unpaired) electrons. The van der Waals surface area contributed by atoms with Crippen LogP contribution in [-0.4, -0.2) is 31.1 Å². The number of carbonyl (C=O) groups is 1. The van der Waals surface area contributed by atoms with Crippen molar-refractivity contribution >= 4 is 17.2 Å². The number of aryl methyl sites for hydroxylation is 1. The largest absolute Gasteiger partial charge is 0.366 e. The minimum Gasteiger partial charge on any atom is -0.366 e. The summed E-state index contributed by atoms with van der Waals surface area (Å²) in [5.74, 6) is 5.91. The van der Waals surface area contributed by atoms with E-state index in [4.69, 9.17) is 5.73 Å². The second kappa shape index (κ2) is 5.82. The van der Waals surface area contributed by atoms with Crippen LogP contribution in [0, 0.1) is 18.8 Å². The standard InChI is InChI=1S/C18H20N4O/c1-11-6-7-15-17(13(11)5-4-8-19)14(18(23)21-15)9-16-12(2)22(3)10-20-16/h6-7,9,20H,8,10,19H2,1-3H3,(H,21,23)/b14-9-. The molecule has 0 aromatic heterocycles. The number of fused-ring (bicyclic) bond motifs is 1. The Hall–Kier alpha value is -2.71. The third kappa shape index (κ3) is 2.58. The molecule has 0 saturated carbocycles. The van der Waals surface area contributed by atoms with Crippen molar-refractivity contribution in [1.82, 2.24) is 10.2 Å². The van der Waals surface area contributed by atoms with E-state index in [0.29, 0.717) is 12.1 Å². The Balaban J connectivity index is 2.17. The van der Waals surface area contributed by atoms with Crippen LogP contribution >= 0.6 is 0 Å². The summed E-state index contributed by atoms with van der Waals surface area (Å²) in [5, 5.41) is 6.23. The summed E-state index contributed by atoms with van der Waals surface area (Å²) < 4.78 is 0. The summed E-state index contributed by atoms with van der Waals surface area (Å²) in [5.41, 5.74) is 11.8. The quantitative estimate of drug-likeness (QED) is 0.541. The number of nitrogens with two attached hydrogens (primary N) is 1.